The van der Waals surface area contributed by atoms with Crippen molar-refractivity contribution >= 4 is 11.9 Å². The maximum atomic E-state index is 13.8. The van der Waals surface area contributed by atoms with Crippen LogP contribution < -0.4 is 0 Å². The number of carboxylic acids is 1. The molecule has 0 saturated carbocycles. The minimum absolute atomic E-state index is 0.193. The number of halogens is 1. The topological polar surface area (TPSA) is 70.5 Å². The third-order valence-electron chi connectivity index (χ3n) is 3.48. The molecule has 0 radical (unpaired) electrons. The normalized spacial score (nSPS) is 11.8. The molecule has 2 aromatic rings. The van der Waals surface area contributed by atoms with Crippen molar-refractivity contribution in [2.75, 3.05) is 7.05 Å². The van der Waals surface area contributed by atoms with Gasteiger partial charge in [0.15, 0.2) is 0 Å². The number of carbonyl (C=O) groups excluding carboxylic acids is 1. The second-order valence-corrected chi connectivity index (χ2v) is 4.85. The van der Waals surface area contributed by atoms with E-state index in [4.69, 9.17) is 5.11 Å². The molecule has 0 fully saturated rings. The van der Waals surface area contributed by atoms with Gasteiger partial charge in [-0.1, -0.05) is 18.2 Å². The van der Waals surface area contributed by atoms with Crippen molar-refractivity contribution in [1.29, 1.82) is 0 Å². The number of hydrogen-bond acceptors (Lipinski definition) is 3. The molecule has 0 bridgehead atoms. The van der Waals surface area contributed by atoms with E-state index < -0.39 is 23.7 Å². The highest BCUT2D eigenvalue weighted by atomic mass is 19.1. The van der Waals surface area contributed by atoms with E-state index in [1.807, 2.05) is 0 Å². The first kappa shape index (κ1) is 15.6. The summed E-state index contributed by atoms with van der Waals surface area (Å²) in [4.78, 5) is 28.4. The van der Waals surface area contributed by atoms with Crippen LogP contribution in [0.15, 0.2) is 42.6 Å². The Balaban J connectivity index is 2.27. The first-order chi connectivity index (χ1) is 10.4. The molecule has 0 aliphatic heterocycles. The van der Waals surface area contributed by atoms with Gasteiger partial charge in [-0.2, -0.15) is 0 Å². The summed E-state index contributed by atoms with van der Waals surface area (Å²) in [6.45, 7) is 1.70. The van der Waals surface area contributed by atoms with E-state index >= 15 is 0 Å². The van der Waals surface area contributed by atoms with Crippen molar-refractivity contribution in [2.45, 2.75) is 13.0 Å². The van der Waals surface area contributed by atoms with Gasteiger partial charge in [0.1, 0.15) is 11.5 Å². The van der Waals surface area contributed by atoms with E-state index in [1.165, 1.54) is 29.3 Å². The number of aromatic nitrogens is 1. The maximum Gasteiger partial charge on any atom is 0.354 e. The van der Waals surface area contributed by atoms with E-state index in [0.29, 0.717) is 5.56 Å². The first-order valence-electron chi connectivity index (χ1n) is 6.62. The highest BCUT2D eigenvalue weighted by Crippen LogP contribution is 2.23. The minimum Gasteiger partial charge on any atom is -0.477 e. The number of carbonyl (C=O) groups is 2. The Bertz CT molecular complexity index is 718. The largest absolute Gasteiger partial charge is 0.477 e. The molecule has 114 valence electrons. The SMILES string of the molecule is CC(c1ccccc1F)N(C)C(=O)c1ccnc(C(=O)O)c1. The van der Waals surface area contributed by atoms with Crippen LogP contribution in [0.25, 0.3) is 0 Å². The Morgan fingerprint density at radius 2 is 1.95 bits per heavy atom. The zero-order chi connectivity index (χ0) is 16.3. The lowest BCUT2D eigenvalue weighted by atomic mass is 10.1. The molecule has 0 aliphatic carbocycles. The van der Waals surface area contributed by atoms with Gasteiger partial charge in [-0.3, -0.25) is 4.79 Å². The molecule has 6 heteroatoms. The Hall–Kier alpha value is -2.76. The third-order valence-corrected chi connectivity index (χ3v) is 3.48. The first-order valence-corrected chi connectivity index (χ1v) is 6.62. The van der Waals surface area contributed by atoms with Gasteiger partial charge >= 0.3 is 5.97 Å². The second kappa shape index (κ2) is 6.34. The number of hydrogen-bond donors (Lipinski definition) is 1. The molecular weight excluding hydrogens is 287 g/mol. The van der Waals surface area contributed by atoms with E-state index in [9.17, 15) is 14.0 Å². The van der Waals surface area contributed by atoms with Crippen LogP contribution in [0.4, 0.5) is 4.39 Å². The fourth-order valence-corrected chi connectivity index (χ4v) is 2.08. The Kier molecular flexibility index (Phi) is 4.50. The molecule has 2 rings (SSSR count). The summed E-state index contributed by atoms with van der Waals surface area (Å²) >= 11 is 0. The molecule has 1 atom stereocenters. The fourth-order valence-electron chi connectivity index (χ4n) is 2.08. The van der Waals surface area contributed by atoms with Gasteiger partial charge in [-0.05, 0) is 25.1 Å². The average Bonchev–Trinajstić information content (AvgIpc) is 2.53. The van der Waals surface area contributed by atoms with Gasteiger partial charge in [0.2, 0.25) is 0 Å². The fraction of sp³-hybridized carbons (Fsp3) is 0.188. The zero-order valence-electron chi connectivity index (χ0n) is 12.2. The summed E-state index contributed by atoms with van der Waals surface area (Å²) in [6, 6.07) is 8.36. The molecule has 0 aliphatic rings. The number of rotatable bonds is 4. The van der Waals surface area contributed by atoms with Gasteiger partial charge in [0, 0.05) is 24.4 Å². The zero-order valence-corrected chi connectivity index (χ0v) is 12.2. The molecule has 22 heavy (non-hydrogen) atoms. The predicted octanol–water partition coefficient (Wildman–Crippen LogP) is 2.75. The average molecular weight is 302 g/mol. The Labute approximate surface area is 127 Å². The molecular formula is C16H15FN2O3. The van der Waals surface area contributed by atoms with Gasteiger partial charge in [-0.15, -0.1) is 0 Å². The molecule has 1 heterocycles. The highest BCUT2D eigenvalue weighted by Gasteiger charge is 2.22. The van der Waals surface area contributed by atoms with E-state index in [0.717, 1.165) is 0 Å². The van der Waals surface area contributed by atoms with Gasteiger partial charge in [0.25, 0.3) is 5.91 Å². The van der Waals surface area contributed by atoms with Crippen molar-refractivity contribution in [3.63, 3.8) is 0 Å². The lowest BCUT2D eigenvalue weighted by molar-refractivity contribution is 0.0690. The monoisotopic (exact) mass is 302 g/mol. The molecule has 0 saturated heterocycles. The van der Waals surface area contributed by atoms with Crippen molar-refractivity contribution in [3.8, 4) is 0 Å². The molecule has 1 aromatic carbocycles. The Morgan fingerprint density at radius 3 is 2.59 bits per heavy atom. The van der Waals surface area contributed by atoms with Crippen molar-refractivity contribution in [1.82, 2.24) is 9.88 Å². The molecule has 1 amide bonds. The van der Waals surface area contributed by atoms with Crippen molar-refractivity contribution in [2.24, 2.45) is 0 Å². The van der Waals surface area contributed by atoms with E-state index in [2.05, 4.69) is 4.98 Å². The number of aromatic carboxylic acids is 1. The lowest BCUT2D eigenvalue weighted by Crippen LogP contribution is -2.30. The van der Waals surface area contributed by atoms with Crippen LogP contribution in [0.3, 0.4) is 0 Å². The van der Waals surface area contributed by atoms with Crippen molar-refractivity contribution in [3.05, 3.63) is 65.2 Å². The minimum atomic E-state index is -1.21. The van der Waals surface area contributed by atoms with E-state index in [1.54, 1.807) is 32.2 Å². The molecule has 0 spiro atoms. The third kappa shape index (κ3) is 3.11. The Morgan fingerprint density at radius 1 is 1.27 bits per heavy atom. The van der Waals surface area contributed by atoms with Gasteiger partial charge < -0.3 is 10.0 Å². The van der Waals surface area contributed by atoms with Crippen LogP contribution >= 0.6 is 0 Å². The number of amides is 1. The van der Waals surface area contributed by atoms with E-state index in [-0.39, 0.29) is 11.3 Å². The quantitative estimate of drug-likeness (QED) is 0.942. The number of pyridine rings is 1. The summed E-state index contributed by atoms with van der Waals surface area (Å²) in [5, 5.41) is 8.92. The smallest absolute Gasteiger partial charge is 0.354 e. The lowest BCUT2D eigenvalue weighted by Gasteiger charge is -2.25. The summed E-state index contributed by atoms with van der Waals surface area (Å²) in [5.74, 6) is -2.00. The molecule has 1 unspecified atom stereocenters. The molecule has 1 N–H and O–H groups in total. The number of benzene rings is 1. The summed E-state index contributed by atoms with van der Waals surface area (Å²) in [7, 11) is 1.54. The van der Waals surface area contributed by atoms with Crippen molar-refractivity contribution < 1.29 is 19.1 Å². The molecule has 1 aromatic heterocycles. The van der Waals surface area contributed by atoms with Crippen LogP contribution in [-0.2, 0) is 0 Å². The van der Waals surface area contributed by atoms with Gasteiger partial charge in [0.05, 0.1) is 6.04 Å². The number of nitrogens with zero attached hydrogens (tertiary/aromatic N) is 2. The van der Waals surface area contributed by atoms with Crippen LogP contribution in [0.1, 0.15) is 39.4 Å². The maximum absolute atomic E-state index is 13.8. The summed E-state index contributed by atoms with van der Waals surface area (Å²) in [5.41, 5.74) is 0.377. The van der Waals surface area contributed by atoms with Crippen LogP contribution in [-0.4, -0.2) is 33.9 Å². The summed E-state index contributed by atoms with van der Waals surface area (Å²) < 4.78 is 13.8. The van der Waals surface area contributed by atoms with Gasteiger partial charge in [-0.25, -0.2) is 14.2 Å². The van der Waals surface area contributed by atoms with Crippen LogP contribution in [0.5, 0.6) is 0 Å². The van der Waals surface area contributed by atoms with Crippen LogP contribution in [0.2, 0.25) is 0 Å². The van der Waals surface area contributed by atoms with Crippen LogP contribution in [0, 0.1) is 5.82 Å². The highest BCUT2D eigenvalue weighted by molar-refractivity contribution is 5.96. The molecule has 5 nitrogen and oxygen atoms in total. The number of carboxylic acid groups (broad SMARTS) is 1. The standard InChI is InChI=1S/C16H15FN2O3/c1-10(12-5-3-4-6-13(12)17)19(2)15(20)11-7-8-18-14(9-11)16(21)22/h3-10H,1-2H3,(H,21,22). The second-order valence-electron chi connectivity index (χ2n) is 4.85. The predicted molar refractivity (Wildman–Crippen MR) is 78.1 cm³/mol. The summed E-state index contributed by atoms with van der Waals surface area (Å²) in [6.07, 6.45) is 1.26.